The summed E-state index contributed by atoms with van der Waals surface area (Å²) in [4.78, 5) is 4.44. The number of fused-ring (bicyclic) bond motifs is 1. The number of phenols is 2. The Hall–Kier alpha value is -3.74. The second-order valence-electron chi connectivity index (χ2n) is 5.89. The highest BCUT2D eigenvalue weighted by Crippen LogP contribution is 2.36. The Morgan fingerprint density at radius 3 is 2.48 bits per heavy atom. The van der Waals surface area contributed by atoms with E-state index in [0.717, 1.165) is 11.1 Å². The summed E-state index contributed by atoms with van der Waals surface area (Å²) in [5.41, 5.74) is 3.36. The van der Waals surface area contributed by atoms with Crippen molar-refractivity contribution in [3.8, 4) is 45.4 Å². The highest BCUT2D eigenvalue weighted by Gasteiger charge is 2.16. The average Bonchev–Trinajstić information content (AvgIpc) is 3.13. The van der Waals surface area contributed by atoms with Crippen LogP contribution in [-0.4, -0.2) is 39.0 Å². The van der Waals surface area contributed by atoms with Gasteiger partial charge in [-0.15, -0.1) is 0 Å². The molecule has 0 aliphatic carbocycles. The van der Waals surface area contributed by atoms with Crippen molar-refractivity contribution >= 4 is 5.65 Å². The fraction of sp³-hybridized carbons (Fsp3) is 0.100. The van der Waals surface area contributed by atoms with Gasteiger partial charge >= 0.3 is 0 Å². The summed E-state index contributed by atoms with van der Waals surface area (Å²) in [7, 11) is 3.17. The van der Waals surface area contributed by atoms with Crippen molar-refractivity contribution in [1.82, 2.24) is 14.6 Å². The van der Waals surface area contributed by atoms with Gasteiger partial charge in [0.1, 0.15) is 11.5 Å². The van der Waals surface area contributed by atoms with E-state index in [1.807, 2.05) is 18.2 Å². The number of rotatable bonds is 4. The average molecular weight is 363 g/mol. The molecule has 2 N–H and O–H groups in total. The first kappa shape index (κ1) is 16.7. The van der Waals surface area contributed by atoms with Crippen LogP contribution in [0.15, 0.2) is 54.9 Å². The zero-order chi connectivity index (χ0) is 19.0. The van der Waals surface area contributed by atoms with Crippen LogP contribution in [0.3, 0.4) is 0 Å². The third-order valence-electron chi connectivity index (χ3n) is 4.35. The van der Waals surface area contributed by atoms with Crippen LogP contribution in [0.25, 0.3) is 28.0 Å². The molecule has 0 fully saturated rings. The second kappa shape index (κ2) is 6.53. The maximum atomic E-state index is 10.2. The molecule has 2 heterocycles. The third kappa shape index (κ3) is 2.79. The van der Waals surface area contributed by atoms with Crippen LogP contribution < -0.4 is 9.47 Å². The number of hydrogen-bond donors (Lipinski definition) is 2. The van der Waals surface area contributed by atoms with Gasteiger partial charge < -0.3 is 19.7 Å². The Morgan fingerprint density at radius 2 is 1.70 bits per heavy atom. The summed E-state index contributed by atoms with van der Waals surface area (Å²) in [5, 5.41) is 24.4. The molecule has 2 aromatic carbocycles. The Balaban J connectivity index is 1.90. The van der Waals surface area contributed by atoms with Crippen molar-refractivity contribution in [3.05, 3.63) is 54.9 Å². The highest BCUT2D eigenvalue weighted by molar-refractivity contribution is 5.81. The Morgan fingerprint density at radius 1 is 0.889 bits per heavy atom. The molecule has 0 bridgehead atoms. The molecule has 0 unspecified atom stereocenters. The van der Waals surface area contributed by atoms with E-state index >= 15 is 0 Å². The van der Waals surface area contributed by atoms with Gasteiger partial charge in [0, 0.05) is 17.3 Å². The SMILES string of the molecule is COc1ccc(-c2cnn3c(-c4cc(O)ccc4O)ccnc23)cc1OC. The predicted octanol–water partition coefficient (Wildman–Crippen LogP) is 3.49. The molecule has 136 valence electrons. The summed E-state index contributed by atoms with van der Waals surface area (Å²) in [6, 6.07) is 11.7. The zero-order valence-electron chi connectivity index (χ0n) is 14.7. The van der Waals surface area contributed by atoms with Gasteiger partial charge in [0.15, 0.2) is 17.1 Å². The minimum Gasteiger partial charge on any atom is -0.508 e. The van der Waals surface area contributed by atoms with Crippen LogP contribution in [0.4, 0.5) is 0 Å². The van der Waals surface area contributed by atoms with Crippen LogP contribution in [-0.2, 0) is 0 Å². The van der Waals surface area contributed by atoms with Crippen LogP contribution >= 0.6 is 0 Å². The Labute approximate surface area is 155 Å². The molecule has 0 spiro atoms. The number of benzene rings is 2. The molecule has 0 saturated carbocycles. The minimum absolute atomic E-state index is 0.0449. The quantitative estimate of drug-likeness (QED) is 0.540. The van der Waals surface area contributed by atoms with Crippen LogP contribution in [0.2, 0.25) is 0 Å². The molecule has 0 aliphatic heterocycles. The molecule has 0 atom stereocenters. The predicted molar refractivity (Wildman–Crippen MR) is 100 cm³/mol. The molecule has 7 nitrogen and oxygen atoms in total. The summed E-state index contributed by atoms with van der Waals surface area (Å²) < 4.78 is 12.3. The smallest absolute Gasteiger partial charge is 0.163 e. The lowest BCUT2D eigenvalue weighted by atomic mass is 10.1. The van der Waals surface area contributed by atoms with Crippen molar-refractivity contribution < 1.29 is 19.7 Å². The molecule has 0 aliphatic rings. The van der Waals surface area contributed by atoms with Crippen molar-refractivity contribution in [2.75, 3.05) is 14.2 Å². The molecule has 27 heavy (non-hydrogen) atoms. The molecule has 4 rings (SSSR count). The van der Waals surface area contributed by atoms with E-state index in [1.165, 1.54) is 18.2 Å². The Bertz CT molecular complexity index is 1140. The Kier molecular flexibility index (Phi) is 4.04. The van der Waals surface area contributed by atoms with E-state index < -0.39 is 0 Å². The minimum atomic E-state index is 0.0449. The van der Waals surface area contributed by atoms with Crippen molar-refractivity contribution in [3.63, 3.8) is 0 Å². The first-order valence-electron chi connectivity index (χ1n) is 8.20. The van der Waals surface area contributed by atoms with Gasteiger partial charge in [-0.1, -0.05) is 6.07 Å². The fourth-order valence-corrected chi connectivity index (χ4v) is 3.03. The number of methoxy groups -OCH3 is 2. The molecule has 2 aromatic heterocycles. The van der Waals surface area contributed by atoms with Gasteiger partial charge in [-0.3, -0.25) is 0 Å². The zero-order valence-corrected chi connectivity index (χ0v) is 14.7. The van der Waals surface area contributed by atoms with E-state index in [1.54, 1.807) is 37.2 Å². The molecular weight excluding hydrogens is 346 g/mol. The summed E-state index contributed by atoms with van der Waals surface area (Å²) >= 11 is 0. The van der Waals surface area contributed by atoms with Crippen molar-refractivity contribution in [2.45, 2.75) is 0 Å². The van der Waals surface area contributed by atoms with Crippen molar-refractivity contribution in [1.29, 1.82) is 0 Å². The van der Waals surface area contributed by atoms with Gasteiger partial charge in [-0.05, 0) is 42.0 Å². The first-order valence-corrected chi connectivity index (χ1v) is 8.20. The maximum absolute atomic E-state index is 10.2. The monoisotopic (exact) mass is 363 g/mol. The molecule has 0 radical (unpaired) electrons. The van der Waals surface area contributed by atoms with Gasteiger partial charge in [0.25, 0.3) is 0 Å². The lowest BCUT2D eigenvalue weighted by Crippen LogP contribution is -1.96. The van der Waals surface area contributed by atoms with E-state index in [9.17, 15) is 10.2 Å². The second-order valence-corrected chi connectivity index (χ2v) is 5.89. The third-order valence-corrected chi connectivity index (χ3v) is 4.35. The van der Waals surface area contributed by atoms with Gasteiger partial charge in [-0.25, -0.2) is 9.50 Å². The van der Waals surface area contributed by atoms with Crippen LogP contribution in [0.1, 0.15) is 0 Å². The first-order chi connectivity index (χ1) is 13.1. The number of phenolic OH excluding ortho intramolecular Hbond substituents is 2. The highest BCUT2D eigenvalue weighted by atomic mass is 16.5. The molecule has 0 saturated heterocycles. The van der Waals surface area contributed by atoms with E-state index in [2.05, 4.69) is 10.1 Å². The van der Waals surface area contributed by atoms with Crippen molar-refractivity contribution in [2.24, 2.45) is 0 Å². The maximum Gasteiger partial charge on any atom is 0.163 e. The normalized spacial score (nSPS) is 10.9. The van der Waals surface area contributed by atoms with Gasteiger partial charge in [0.05, 0.1) is 26.1 Å². The molecular formula is C20H17N3O4. The largest absolute Gasteiger partial charge is 0.508 e. The fourth-order valence-electron chi connectivity index (χ4n) is 3.03. The van der Waals surface area contributed by atoms with Crippen LogP contribution in [0.5, 0.6) is 23.0 Å². The number of aromatic nitrogens is 3. The van der Waals surface area contributed by atoms with E-state index in [0.29, 0.717) is 28.4 Å². The topological polar surface area (TPSA) is 89.1 Å². The lowest BCUT2D eigenvalue weighted by Gasteiger charge is -2.09. The number of hydrogen-bond acceptors (Lipinski definition) is 6. The summed E-state index contributed by atoms with van der Waals surface area (Å²) in [6.45, 7) is 0. The van der Waals surface area contributed by atoms with Crippen LogP contribution in [0, 0.1) is 0 Å². The summed E-state index contributed by atoms with van der Waals surface area (Å²) in [6.07, 6.45) is 3.34. The van der Waals surface area contributed by atoms with E-state index in [4.69, 9.17) is 9.47 Å². The number of nitrogens with zero attached hydrogens (tertiary/aromatic N) is 3. The van der Waals surface area contributed by atoms with Gasteiger partial charge in [0.2, 0.25) is 0 Å². The lowest BCUT2D eigenvalue weighted by molar-refractivity contribution is 0.355. The number of ether oxygens (including phenoxy) is 2. The molecule has 0 amide bonds. The summed E-state index contributed by atoms with van der Waals surface area (Å²) in [5.74, 6) is 1.34. The molecule has 4 aromatic rings. The van der Waals surface area contributed by atoms with Gasteiger partial charge in [-0.2, -0.15) is 5.10 Å². The van der Waals surface area contributed by atoms with E-state index in [-0.39, 0.29) is 11.5 Å². The number of aromatic hydroxyl groups is 2. The standard InChI is InChI=1S/C20H17N3O4/c1-26-18-6-3-12(9-19(18)27-2)15-11-22-23-16(7-8-21-20(15)23)14-10-13(24)4-5-17(14)25/h3-11,24-25H,1-2H3. The molecule has 7 heteroatoms.